The van der Waals surface area contributed by atoms with Crippen LogP contribution in [0.2, 0.25) is 0 Å². The first-order chi connectivity index (χ1) is 6.90. The summed E-state index contributed by atoms with van der Waals surface area (Å²) in [6.45, 7) is 0. The number of benzene rings is 1. The molecule has 1 aromatic rings. The minimum atomic E-state index is 0.719. The maximum atomic E-state index is 10.5. The lowest BCUT2D eigenvalue weighted by molar-refractivity contribution is -0.104. The molecule has 0 aliphatic carbocycles. The summed E-state index contributed by atoms with van der Waals surface area (Å²) in [5.41, 5.74) is 1.85. The largest absolute Gasteiger partial charge is 0.298 e. The number of hydrogen-bond acceptors (Lipinski definition) is 3. The van der Waals surface area contributed by atoms with Crippen LogP contribution in [0.25, 0.3) is 0 Å². The smallest absolute Gasteiger partial charge is 0.148 e. The summed E-state index contributed by atoms with van der Waals surface area (Å²) in [6.07, 6.45) is 2.50. The summed E-state index contributed by atoms with van der Waals surface area (Å²) in [5, 5.41) is 0.983. The summed E-state index contributed by atoms with van der Waals surface area (Å²) in [7, 11) is 0. The molecule has 0 saturated carbocycles. The average molecular weight is 203 g/mol. The Hall–Kier alpha value is -1.35. The molecule has 0 spiro atoms. The summed E-state index contributed by atoms with van der Waals surface area (Å²) in [6, 6.07) is 9.98. The fraction of sp³-hybridized carbons (Fsp3) is 0.0909. The Morgan fingerprint density at radius 1 is 1.29 bits per heavy atom. The molecule has 70 valence electrons. The quantitative estimate of drug-likeness (QED) is 0.690. The number of thioether (sulfide) groups is 1. The lowest BCUT2D eigenvalue weighted by Crippen LogP contribution is -2.03. The number of carbonyl (C=O) groups is 1. The van der Waals surface area contributed by atoms with Gasteiger partial charge in [-0.25, -0.2) is 4.99 Å². The Labute approximate surface area is 86.7 Å². The molecule has 1 aromatic carbocycles. The molecule has 2 rings (SSSR count). The van der Waals surface area contributed by atoms with Crippen molar-refractivity contribution in [1.82, 2.24) is 0 Å². The first-order valence-corrected chi connectivity index (χ1v) is 5.29. The van der Waals surface area contributed by atoms with E-state index in [2.05, 4.69) is 4.99 Å². The summed E-state index contributed by atoms with van der Waals surface area (Å²) < 4.78 is 0. The van der Waals surface area contributed by atoms with Crippen LogP contribution in [-0.4, -0.2) is 17.1 Å². The molecular formula is C11H9NOS. The highest BCUT2D eigenvalue weighted by atomic mass is 32.2. The predicted molar refractivity (Wildman–Crippen MR) is 59.6 cm³/mol. The van der Waals surface area contributed by atoms with Crippen molar-refractivity contribution in [3.63, 3.8) is 0 Å². The second kappa shape index (κ2) is 4.24. The zero-order valence-corrected chi connectivity index (χ0v) is 8.33. The highest BCUT2D eigenvalue weighted by Gasteiger charge is 2.09. The van der Waals surface area contributed by atoms with Gasteiger partial charge in [0.05, 0.1) is 0 Å². The Bertz CT molecular complexity index is 395. The Kier molecular flexibility index (Phi) is 2.79. The molecule has 0 N–H and O–H groups in total. The topological polar surface area (TPSA) is 29.4 Å². The molecule has 0 saturated heterocycles. The monoisotopic (exact) mass is 203 g/mol. The van der Waals surface area contributed by atoms with E-state index in [9.17, 15) is 4.79 Å². The van der Waals surface area contributed by atoms with Crippen molar-refractivity contribution in [1.29, 1.82) is 0 Å². The van der Waals surface area contributed by atoms with Gasteiger partial charge in [-0.1, -0.05) is 30.3 Å². The number of rotatable bonds is 2. The van der Waals surface area contributed by atoms with E-state index in [1.807, 2.05) is 30.3 Å². The van der Waals surface area contributed by atoms with Crippen molar-refractivity contribution in [2.45, 2.75) is 0 Å². The van der Waals surface area contributed by atoms with Crippen molar-refractivity contribution in [3.05, 3.63) is 47.7 Å². The molecule has 0 aromatic heterocycles. The number of aliphatic imine (C=N–C) groups is 1. The molecule has 0 fully saturated rings. The van der Waals surface area contributed by atoms with E-state index in [1.54, 1.807) is 18.0 Å². The number of hydrogen-bond donors (Lipinski definition) is 0. The van der Waals surface area contributed by atoms with Crippen LogP contribution in [0.15, 0.2) is 47.1 Å². The van der Waals surface area contributed by atoms with Crippen molar-refractivity contribution >= 4 is 23.1 Å². The first kappa shape index (κ1) is 9.21. The van der Waals surface area contributed by atoms with E-state index in [0.717, 1.165) is 28.2 Å². The lowest BCUT2D eigenvalue weighted by atomic mass is 10.2. The summed E-state index contributed by atoms with van der Waals surface area (Å²) in [5.74, 6) is 0.719. The van der Waals surface area contributed by atoms with Gasteiger partial charge in [-0.2, -0.15) is 0 Å². The molecule has 0 radical (unpaired) electrons. The zero-order chi connectivity index (χ0) is 9.80. The van der Waals surface area contributed by atoms with Crippen molar-refractivity contribution in [2.75, 3.05) is 5.75 Å². The van der Waals surface area contributed by atoms with Crippen molar-refractivity contribution < 1.29 is 4.79 Å². The number of aldehydes is 1. The van der Waals surface area contributed by atoms with E-state index in [1.165, 1.54) is 0 Å². The van der Waals surface area contributed by atoms with Crippen LogP contribution < -0.4 is 0 Å². The average Bonchev–Trinajstić information content (AvgIpc) is 2.30. The molecule has 14 heavy (non-hydrogen) atoms. The summed E-state index contributed by atoms with van der Waals surface area (Å²) in [4.78, 5) is 14.7. The van der Waals surface area contributed by atoms with Crippen LogP contribution in [0.5, 0.6) is 0 Å². The molecule has 0 atom stereocenters. The predicted octanol–water partition coefficient (Wildman–Crippen LogP) is 2.26. The van der Waals surface area contributed by atoms with Gasteiger partial charge in [0, 0.05) is 23.1 Å². The van der Waals surface area contributed by atoms with E-state index in [0.29, 0.717) is 0 Å². The van der Waals surface area contributed by atoms with Crippen molar-refractivity contribution in [2.24, 2.45) is 4.99 Å². The first-order valence-electron chi connectivity index (χ1n) is 4.30. The van der Waals surface area contributed by atoms with E-state index in [-0.39, 0.29) is 0 Å². The van der Waals surface area contributed by atoms with Gasteiger partial charge in [0.15, 0.2) is 0 Å². The zero-order valence-electron chi connectivity index (χ0n) is 7.51. The van der Waals surface area contributed by atoms with Gasteiger partial charge >= 0.3 is 0 Å². The molecule has 1 heterocycles. The number of nitrogens with zero attached hydrogens (tertiary/aromatic N) is 1. The Morgan fingerprint density at radius 3 is 2.64 bits per heavy atom. The van der Waals surface area contributed by atoms with Gasteiger partial charge in [-0.05, 0) is 0 Å². The Morgan fingerprint density at radius 2 is 2.07 bits per heavy atom. The van der Waals surface area contributed by atoms with E-state index >= 15 is 0 Å². The molecular weight excluding hydrogens is 194 g/mol. The second-order valence-corrected chi connectivity index (χ2v) is 3.87. The molecule has 2 nitrogen and oxygen atoms in total. The minimum absolute atomic E-state index is 0.719. The van der Waals surface area contributed by atoms with Crippen LogP contribution in [0.4, 0.5) is 0 Å². The maximum Gasteiger partial charge on any atom is 0.148 e. The third kappa shape index (κ3) is 1.93. The normalized spacial score (nSPS) is 15.7. The van der Waals surface area contributed by atoms with Gasteiger partial charge in [-0.15, -0.1) is 11.8 Å². The summed E-state index contributed by atoms with van der Waals surface area (Å²) >= 11 is 1.60. The van der Waals surface area contributed by atoms with Gasteiger partial charge in [-0.3, -0.25) is 4.79 Å². The molecule has 3 heteroatoms. The van der Waals surface area contributed by atoms with E-state index in [4.69, 9.17) is 0 Å². The molecule has 1 aliphatic rings. The maximum absolute atomic E-state index is 10.5. The SMILES string of the molecule is O=CC1=CN=C(c2ccccc2)SC1. The van der Waals surface area contributed by atoms with E-state index < -0.39 is 0 Å². The highest BCUT2D eigenvalue weighted by molar-refractivity contribution is 8.14. The van der Waals surface area contributed by atoms with Gasteiger partial charge in [0.2, 0.25) is 0 Å². The van der Waals surface area contributed by atoms with Crippen LogP contribution in [0.3, 0.4) is 0 Å². The fourth-order valence-electron chi connectivity index (χ4n) is 1.17. The third-order valence-corrected chi connectivity index (χ3v) is 2.99. The fourth-order valence-corrected chi connectivity index (χ4v) is 2.05. The van der Waals surface area contributed by atoms with Crippen LogP contribution >= 0.6 is 11.8 Å². The minimum Gasteiger partial charge on any atom is -0.298 e. The molecule has 0 unspecified atom stereocenters. The second-order valence-electron chi connectivity index (χ2n) is 2.91. The molecule has 1 aliphatic heterocycles. The molecule has 0 bridgehead atoms. The van der Waals surface area contributed by atoms with Crippen LogP contribution in [0, 0.1) is 0 Å². The van der Waals surface area contributed by atoms with Gasteiger partial charge in [0.1, 0.15) is 11.3 Å². The standard InChI is InChI=1S/C11H9NOS/c13-7-9-6-12-11(14-8-9)10-4-2-1-3-5-10/h1-7H,8H2. The van der Waals surface area contributed by atoms with Crippen LogP contribution in [-0.2, 0) is 4.79 Å². The van der Waals surface area contributed by atoms with Gasteiger partial charge < -0.3 is 0 Å². The lowest BCUT2D eigenvalue weighted by Gasteiger charge is -2.09. The Balaban J connectivity index is 2.26. The van der Waals surface area contributed by atoms with Gasteiger partial charge in [0.25, 0.3) is 0 Å². The third-order valence-electron chi connectivity index (χ3n) is 1.90. The number of carbonyl (C=O) groups excluding carboxylic acids is 1. The molecule has 0 amide bonds. The highest BCUT2D eigenvalue weighted by Crippen LogP contribution is 2.20. The van der Waals surface area contributed by atoms with Crippen molar-refractivity contribution in [3.8, 4) is 0 Å². The van der Waals surface area contributed by atoms with Crippen LogP contribution in [0.1, 0.15) is 5.56 Å².